The van der Waals surface area contributed by atoms with Crippen LogP contribution < -0.4 is 5.32 Å². The van der Waals surface area contributed by atoms with Crippen LogP contribution in [-0.4, -0.2) is 4.98 Å². The monoisotopic (exact) mass is 260 g/mol. The van der Waals surface area contributed by atoms with Gasteiger partial charge in [0, 0.05) is 15.8 Å². The Bertz CT molecular complexity index is 639. The van der Waals surface area contributed by atoms with E-state index >= 15 is 0 Å². The fourth-order valence-electron chi connectivity index (χ4n) is 1.76. The van der Waals surface area contributed by atoms with E-state index in [2.05, 4.69) is 45.3 Å². The Balaban J connectivity index is 1.76. The van der Waals surface area contributed by atoms with Crippen molar-refractivity contribution in [2.75, 3.05) is 5.32 Å². The van der Waals surface area contributed by atoms with Crippen molar-refractivity contribution in [1.82, 2.24) is 4.98 Å². The maximum absolute atomic E-state index is 4.44. The largest absolute Gasteiger partial charge is 0.379 e. The van der Waals surface area contributed by atoms with Gasteiger partial charge in [0.2, 0.25) is 0 Å². The third kappa shape index (κ3) is 2.33. The Hall–Kier alpha value is -1.39. The highest BCUT2D eigenvalue weighted by atomic mass is 32.1. The van der Waals surface area contributed by atoms with Gasteiger partial charge in [0.1, 0.15) is 0 Å². The number of hydrogen-bond acceptors (Lipinski definition) is 4. The molecule has 0 aliphatic heterocycles. The van der Waals surface area contributed by atoms with E-state index in [1.165, 1.54) is 10.1 Å². The Morgan fingerprint density at radius 2 is 2.18 bits per heavy atom. The number of thiophene rings is 1. The molecule has 1 aromatic carbocycles. The van der Waals surface area contributed by atoms with E-state index in [1.807, 2.05) is 6.92 Å². The first-order valence-corrected chi connectivity index (χ1v) is 7.19. The van der Waals surface area contributed by atoms with Gasteiger partial charge >= 0.3 is 0 Å². The third-order valence-electron chi connectivity index (χ3n) is 2.59. The van der Waals surface area contributed by atoms with Crippen LogP contribution in [0, 0.1) is 6.92 Å². The van der Waals surface area contributed by atoms with E-state index in [0.29, 0.717) is 0 Å². The molecule has 0 saturated carbocycles. The van der Waals surface area contributed by atoms with Gasteiger partial charge in [-0.1, -0.05) is 0 Å². The normalized spacial score (nSPS) is 10.9. The van der Waals surface area contributed by atoms with Crippen LogP contribution in [-0.2, 0) is 6.54 Å². The van der Waals surface area contributed by atoms with Crippen LogP contribution in [0.2, 0.25) is 0 Å². The van der Waals surface area contributed by atoms with Crippen LogP contribution in [0.1, 0.15) is 10.7 Å². The van der Waals surface area contributed by atoms with Crippen LogP contribution in [0.25, 0.3) is 10.1 Å². The average molecular weight is 260 g/mol. The topological polar surface area (TPSA) is 24.9 Å². The quantitative estimate of drug-likeness (QED) is 0.760. The van der Waals surface area contributed by atoms with Crippen molar-refractivity contribution in [3.8, 4) is 0 Å². The lowest BCUT2D eigenvalue weighted by Gasteiger charge is -2.04. The number of anilines is 1. The van der Waals surface area contributed by atoms with Crippen LogP contribution in [0.3, 0.4) is 0 Å². The number of nitrogens with one attached hydrogen (secondary N) is 1. The molecule has 0 aliphatic carbocycles. The SMILES string of the molecule is Cc1nc(CNc2ccc3sccc3c2)cs1. The summed E-state index contributed by atoms with van der Waals surface area (Å²) in [7, 11) is 0. The number of fused-ring (bicyclic) bond motifs is 1. The summed E-state index contributed by atoms with van der Waals surface area (Å²) in [5.41, 5.74) is 2.26. The highest BCUT2D eigenvalue weighted by Crippen LogP contribution is 2.24. The molecule has 0 radical (unpaired) electrons. The van der Waals surface area contributed by atoms with Gasteiger partial charge in [-0.2, -0.15) is 0 Å². The summed E-state index contributed by atoms with van der Waals surface area (Å²) < 4.78 is 1.33. The molecule has 0 spiro atoms. The molecule has 4 heteroatoms. The molecule has 3 aromatic rings. The van der Waals surface area contributed by atoms with Crippen molar-refractivity contribution in [3.05, 3.63) is 45.7 Å². The molecular formula is C13H12N2S2. The Kier molecular flexibility index (Phi) is 2.82. The smallest absolute Gasteiger partial charge is 0.0898 e. The zero-order valence-corrected chi connectivity index (χ0v) is 11.1. The standard InChI is InChI=1S/C13H12N2S2/c1-9-15-12(8-17-9)7-14-11-2-3-13-10(6-11)4-5-16-13/h2-6,8,14H,7H2,1H3. The second-order valence-electron chi connectivity index (χ2n) is 3.88. The lowest BCUT2D eigenvalue weighted by Crippen LogP contribution is -1.99. The van der Waals surface area contributed by atoms with Crippen LogP contribution in [0.15, 0.2) is 35.0 Å². The summed E-state index contributed by atoms with van der Waals surface area (Å²) in [5, 5.41) is 10.1. The predicted octanol–water partition coefficient (Wildman–Crippen LogP) is 4.28. The molecule has 0 atom stereocenters. The molecule has 2 aromatic heterocycles. The van der Waals surface area contributed by atoms with Crippen molar-refractivity contribution in [2.24, 2.45) is 0 Å². The minimum Gasteiger partial charge on any atom is -0.379 e. The molecule has 0 fully saturated rings. The van der Waals surface area contributed by atoms with Gasteiger partial charge in [-0.05, 0) is 42.0 Å². The number of hydrogen-bond donors (Lipinski definition) is 1. The summed E-state index contributed by atoms with van der Waals surface area (Å²) in [4.78, 5) is 4.44. The van der Waals surface area contributed by atoms with E-state index in [4.69, 9.17) is 0 Å². The second-order valence-corrected chi connectivity index (χ2v) is 5.89. The molecule has 3 rings (SSSR count). The van der Waals surface area contributed by atoms with E-state index < -0.39 is 0 Å². The maximum Gasteiger partial charge on any atom is 0.0898 e. The summed E-state index contributed by atoms with van der Waals surface area (Å²) in [6, 6.07) is 8.62. The molecule has 17 heavy (non-hydrogen) atoms. The molecule has 86 valence electrons. The number of aromatic nitrogens is 1. The van der Waals surface area contributed by atoms with Gasteiger partial charge in [-0.15, -0.1) is 22.7 Å². The van der Waals surface area contributed by atoms with E-state index in [0.717, 1.165) is 22.9 Å². The van der Waals surface area contributed by atoms with Crippen molar-refractivity contribution < 1.29 is 0 Å². The summed E-state index contributed by atoms with van der Waals surface area (Å²) >= 11 is 3.47. The zero-order valence-electron chi connectivity index (χ0n) is 9.43. The van der Waals surface area contributed by atoms with Gasteiger partial charge < -0.3 is 5.32 Å². The van der Waals surface area contributed by atoms with Crippen LogP contribution in [0.5, 0.6) is 0 Å². The first-order chi connectivity index (χ1) is 8.31. The lowest BCUT2D eigenvalue weighted by molar-refractivity contribution is 1.06. The van der Waals surface area contributed by atoms with E-state index in [-0.39, 0.29) is 0 Å². The molecule has 0 unspecified atom stereocenters. The molecular weight excluding hydrogens is 248 g/mol. The zero-order chi connectivity index (χ0) is 11.7. The van der Waals surface area contributed by atoms with E-state index in [9.17, 15) is 0 Å². The average Bonchev–Trinajstić information content (AvgIpc) is 2.94. The first kappa shape index (κ1) is 10.7. The molecule has 0 saturated heterocycles. The number of benzene rings is 1. The molecule has 0 bridgehead atoms. The van der Waals surface area contributed by atoms with Crippen molar-refractivity contribution >= 4 is 38.4 Å². The predicted molar refractivity (Wildman–Crippen MR) is 76.0 cm³/mol. The van der Waals surface area contributed by atoms with Gasteiger partial charge in [0.05, 0.1) is 17.2 Å². The third-order valence-corrected chi connectivity index (χ3v) is 4.31. The van der Waals surface area contributed by atoms with Crippen molar-refractivity contribution in [1.29, 1.82) is 0 Å². The Morgan fingerprint density at radius 3 is 3.00 bits per heavy atom. The van der Waals surface area contributed by atoms with Crippen LogP contribution >= 0.6 is 22.7 Å². The second kappa shape index (κ2) is 4.47. The van der Waals surface area contributed by atoms with E-state index in [1.54, 1.807) is 22.7 Å². The molecule has 2 heterocycles. The van der Waals surface area contributed by atoms with Gasteiger partial charge in [0.25, 0.3) is 0 Å². The summed E-state index contributed by atoms with van der Waals surface area (Å²) in [6.45, 7) is 2.82. The first-order valence-electron chi connectivity index (χ1n) is 5.43. The number of aryl methyl sites for hydroxylation is 1. The fraction of sp³-hybridized carbons (Fsp3) is 0.154. The van der Waals surface area contributed by atoms with Crippen molar-refractivity contribution in [2.45, 2.75) is 13.5 Å². The van der Waals surface area contributed by atoms with Crippen LogP contribution in [0.4, 0.5) is 5.69 Å². The summed E-state index contributed by atoms with van der Waals surface area (Å²) in [6.07, 6.45) is 0. The molecule has 0 aliphatic rings. The number of nitrogens with zero attached hydrogens (tertiary/aromatic N) is 1. The molecule has 0 amide bonds. The lowest BCUT2D eigenvalue weighted by atomic mass is 10.2. The molecule has 2 nitrogen and oxygen atoms in total. The highest BCUT2D eigenvalue weighted by Gasteiger charge is 2.00. The maximum atomic E-state index is 4.44. The van der Waals surface area contributed by atoms with Gasteiger partial charge in [-0.25, -0.2) is 4.98 Å². The Morgan fingerprint density at radius 1 is 1.24 bits per heavy atom. The minimum atomic E-state index is 0.792. The Labute approximate surface area is 108 Å². The van der Waals surface area contributed by atoms with Gasteiger partial charge in [0.15, 0.2) is 0 Å². The molecule has 1 N–H and O–H groups in total. The number of thiazole rings is 1. The number of rotatable bonds is 3. The van der Waals surface area contributed by atoms with Crippen molar-refractivity contribution in [3.63, 3.8) is 0 Å². The fourth-order valence-corrected chi connectivity index (χ4v) is 3.14. The summed E-state index contributed by atoms with van der Waals surface area (Å²) in [5.74, 6) is 0. The minimum absolute atomic E-state index is 0.792. The highest BCUT2D eigenvalue weighted by molar-refractivity contribution is 7.17. The van der Waals surface area contributed by atoms with Gasteiger partial charge in [-0.3, -0.25) is 0 Å².